The van der Waals surface area contributed by atoms with Crippen LogP contribution in [0.15, 0.2) is 24.3 Å². The van der Waals surface area contributed by atoms with Crippen LogP contribution in [0.4, 0.5) is 0 Å². The molecule has 6 nitrogen and oxygen atoms in total. The smallest absolute Gasteiger partial charge is 0.306 e. The van der Waals surface area contributed by atoms with E-state index in [1.165, 1.54) is 148 Å². The Labute approximate surface area is 347 Å². The van der Waals surface area contributed by atoms with Crippen LogP contribution in [0.25, 0.3) is 0 Å². The SMILES string of the molecule is CCCCCC/C=C\CCCCCCCC(=O)OC[C@H](COC(=O)CCCCCCCCCCCCCC)OC(=O)CCCCCCC/C=C\CCCCCC. The first-order valence-electron chi connectivity index (χ1n) is 24.3. The average Bonchev–Trinajstić information content (AvgIpc) is 3.19. The van der Waals surface area contributed by atoms with E-state index in [-0.39, 0.29) is 31.1 Å². The molecule has 0 aliphatic heterocycles. The third-order valence-electron chi connectivity index (χ3n) is 10.7. The van der Waals surface area contributed by atoms with E-state index in [0.717, 1.165) is 70.6 Å². The highest BCUT2D eigenvalue weighted by Crippen LogP contribution is 2.15. The Kier molecular flexibility index (Phi) is 43.9. The Morgan fingerprint density at radius 1 is 0.339 bits per heavy atom. The minimum absolute atomic E-state index is 0.0740. The van der Waals surface area contributed by atoms with Gasteiger partial charge in [0.25, 0.3) is 0 Å². The van der Waals surface area contributed by atoms with Crippen molar-refractivity contribution in [3.8, 4) is 0 Å². The third-order valence-corrected chi connectivity index (χ3v) is 10.7. The van der Waals surface area contributed by atoms with E-state index in [1.54, 1.807) is 0 Å². The summed E-state index contributed by atoms with van der Waals surface area (Å²) in [5, 5.41) is 0. The zero-order chi connectivity index (χ0) is 40.8. The fourth-order valence-electron chi connectivity index (χ4n) is 6.96. The molecule has 6 heteroatoms. The highest BCUT2D eigenvalue weighted by molar-refractivity contribution is 5.71. The van der Waals surface area contributed by atoms with Gasteiger partial charge in [-0.25, -0.2) is 0 Å². The highest BCUT2D eigenvalue weighted by Gasteiger charge is 2.19. The van der Waals surface area contributed by atoms with Gasteiger partial charge in [0.15, 0.2) is 6.10 Å². The zero-order valence-electron chi connectivity index (χ0n) is 37.4. The molecule has 0 amide bonds. The van der Waals surface area contributed by atoms with E-state index in [0.29, 0.717) is 19.3 Å². The lowest BCUT2D eigenvalue weighted by atomic mass is 10.0. The van der Waals surface area contributed by atoms with Crippen LogP contribution in [-0.2, 0) is 28.6 Å². The van der Waals surface area contributed by atoms with Crippen molar-refractivity contribution < 1.29 is 28.6 Å². The minimum atomic E-state index is -0.772. The van der Waals surface area contributed by atoms with E-state index in [4.69, 9.17) is 14.2 Å². The lowest BCUT2D eigenvalue weighted by molar-refractivity contribution is -0.167. The van der Waals surface area contributed by atoms with E-state index in [1.807, 2.05) is 0 Å². The van der Waals surface area contributed by atoms with Crippen LogP contribution in [-0.4, -0.2) is 37.2 Å². The fraction of sp³-hybridized carbons (Fsp3) is 0.860. The molecule has 0 heterocycles. The predicted molar refractivity (Wildman–Crippen MR) is 238 cm³/mol. The molecule has 0 aromatic rings. The van der Waals surface area contributed by atoms with Crippen molar-refractivity contribution >= 4 is 17.9 Å². The van der Waals surface area contributed by atoms with Gasteiger partial charge >= 0.3 is 17.9 Å². The first-order chi connectivity index (χ1) is 27.5. The van der Waals surface area contributed by atoms with Crippen LogP contribution < -0.4 is 0 Å². The largest absolute Gasteiger partial charge is 0.462 e. The van der Waals surface area contributed by atoms with Gasteiger partial charge < -0.3 is 14.2 Å². The highest BCUT2D eigenvalue weighted by atomic mass is 16.6. The summed E-state index contributed by atoms with van der Waals surface area (Å²) in [6.45, 7) is 6.60. The molecular formula is C50H92O6. The molecule has 1 atom stereocenters. The van der Waals surface area contributed by atoms with Crippen molar-refractivity contribution in [2.45, 2.75) is 264 Å². The quantitative estimate of drug-likeness (QED) is 0.0265. The van der Waals surface area contributed by atoms with Crippen molar-refractivity contribution in [1.82, 2.24) is 0 Å². The lowest BCUT2D eigenvalue weighted by Crippen LogP contribution is -2.30. The number of hydrogen-bond donors (Lipinski definition) is 0. The van der Waals surface area contributed by atoms with Gasteiger partial charge in [0, 0.05) is 19.3 Å². The number of allylic oxidation sites excluding steroid dienone is 4. The molecule has 0 saturated heterocycles. The molecule has 328 valence electrons. The Morgan fingerprint density at radius 2 is 0.589 bits per heavy atom. The summed E-state index contributed by atoms with van der Waals surface area (Å²) in [5.41, 5.74) is 0. The van der Waals surface area contributed by atoms with E-state index in [2.05, 4.69) is 45.1 Å². The molecule has 0 spiro atoms. The Morgan fingerprint density at radius 3 is 0.911 bits per heavy atom. The van der Waals surface area contributed by atoms with Gasteiger partial charge in [-0.3, -0.25) is 14.4 Å². The third kappa shape index (κ3) is 43.0. The summed E-state index contributed by atoms with van der Waals surface area (Å²) in [5.74, 6) is -0.884. The summed E-state index contributed by atoms with van der Waals surface area (Å²) in [6, 6.07) is 0. The van der Waals surface area contributed by atoms with Gasteiger partial charge in [0.05, 0.1) is 0 Å². The Hall–Kier alpha value is -2.11. The maximum Gasteiger partial charge on any atom is 0.306 e. The second-order valence-corrected chi connectivity index (χ2v) is 16.4. The summed E-state index contributed by atoms with van der Waals surface area (Å²) >= 11 is 0. The van der Waals surface area contributed by atoms with Gasteiger partial charge in [-0.05, 0) is 70.6 Å². The molecule has 0 aliphatic carbocycles. The number of rotatable bonds is 44. The summed E-state index contributed by atoms with van der Waals surface area (Å²) < 4.78 is 16.7. The second kappa shape index (κ2) is 45.6. The Balaban J connectivity index is 4.38. The van der Waals surface area contributed by atoms with Gasteiger partial charge in [0.1, 0.15) is 13.2 Å². The fourth-order valence-corrected chi connectivity index (χ4v) is 6.96. The number of ether oxygens (including phenoxy) is 3. The molecule has 0 aromatic carbocycles. The molecule has 0 aromatic heterocycles. The Bertz CT molecular complexity index is 911. The maximum atomic E-state index is 12.7. The van der Waals surface area contributed by atoms with Crippen molar-refractivity contribution in [2.24, 2.45) is 0 Å². The van der Waals surface area contributed by atoms with Crippen LogP contribution in [0.1, 0.15) is 258 Å². The van der Waals surface area contributed by atoms with E-state index in [9.17, 15) is 14.4 Å². The number of esters is 3. The topological polar surface area (TPSA) is 78.9 Å². The van der Waals surface area contributed by atoms with Crippen molar-refractivity contribution in [1.29, 1.82) is 0 Å². The molecule has 0 rings (SSSR count). The van der Waals surface area contributed by atoms with E-state index < -0.39 is 6.10 Å². The monoisotopic (exact) mass is 789 g/mol. The number of carbonyl (C=O) groups is 3. The number of unbranched alkanes of at least 4 members (excludes halogenated alkanes) is 29. The van der Waals surface area contributed by atoms with Crippen LogP contribution in [0, 0.1) is 0 Å². The molecule has 56 heavy (non-hydrogen) atoms. The zero-order valence-corrected chi connectivity index (χ0v) is 37.4. The minimum Gasteiger partial charge on any atom is -0.462 e. The molecule has 0 aliphatic rings. The molecule has 0 bridgehead atoms. The summed E-state index contributed by atoms with van der Waals surface area (Å²) in [7, 11) is 0. The normalized spacial score (nSPS) is 12.1. The van der Waals surface area contributed by atoms with Crippen molar-refractivity contribution in [3.05, 3.63) is 24.3 Å². The van der Waals surface area contributed by atoms with Gasteiger partial charge in [-0.1, -0.05) is 193 Å². The molecule has 0 unspecified atom stereocenters. The standard InChI is InChI=1S/C50H92O6/c1-4-7-10-13-16-19-22-25-28-31-34-37-40-43-49(52)55-46-47(45-54-48(51)42-39-36-33-30-27-24-21-18-15-12-9-6-3)56-50(53)44-41-38-35-32-29-26-23-20-17-14-11-8-5-2/h19-20,22-23,47H,4-18,21,24-46H2,1-3H3/b22-19-,23-20-/t47-/m0/s1. The first kappa shape index (κ1) is 53.9. The summed E-state index contributed by atoms with van der Waals surface area (Å²) in [6.07, 6.45) is 50.1. The van der Waals surface area contributed by atoms with Crippen LogP contribution in [0.2, 0.25) is 0 Å². The predicted octanol–water partition coefficient (Wildman–Crippen LogP) is 15.6. The first-order valence-corrected chi connectivity index (χ1v) is 24.3. The van der Waals surface area contributed by atoms with Crippen LogP contribution in [0.3, 0.4) is 0 Å². The number of carbonyl (C=O) groups excluding carboxylic acids is 3. The van der Waals surface area contributed by atoms with Crippen molar-refractivity contribution in [2.75, 3.05) is 13.2 Å². The molecule has 0 saturated carbocycles. The summed E-state index contributed by atoms with van der Waals surface area (Å²) in [4.78, 5) is 37.8. The van der Waals surface area contributed by atoms with Gasteiger partial charge in [-0.15, -0.1) is 0 Å². The molecule has 0 N–H and O–H groups in total. The van der Waals surface area contributed by atoms with Gasteiger partial charge in [-0.2, -0.15) is 0 Å². The molecule has 0 radical (unpaired) electrons. The maximum absolute atomic E-state index is 12.7. The van der Waals surface area contributed by atoms with Crippen molar-refractivity contribution in [3.63, 3.8) is 0 Å². The second-order valence-electron chi connectivity index (χ2n) is 16.4. The van der Waals surface area contributed by atoms with Gasteiger partial charge in [0.2, 0.25) is 0 Å². The number of hydrogen-bond acceptors (Lipinski definition) is 6. The van der Waals surface area contributed by atoms with Crippen LogP contribution in [0.5, 0.6) is 0 Å². The average molecular weight is 789 g/mol. The van der Waals surface area contributed by atoms with E-state index >= 15 is 0 Å². The lowest BCUT2D eigenvalue weighted by Gasteiger charge is -2.18. The molecule has 0 fully saturated rings. The van der Waals surface area contributed by atoms with Crippen LogP contribution >= 0.6 is 0 Å². The molecular weight excluding hydrogens is 697 g/mol.